The number of carbonyl (C=O) groups excluding carboxylic acids is 1. The lowest BCUT2D eigenvalue weighted by Gasteiger charge is -2.45. The Hall–Kier alpha value is -2.83. The van der Waals surface area contributed by atoms with Gasteiger partial charge in [0.2, 0.25) is 0 Å². The first-order valence-corrected chi connectivity index (χ1v) is 10.3. The summed E-state index contributed by atoms with van der Waals surface area (Å²) < 4.78 is 0. The van der Waals surface area contributed by atoms with Crippen LogP contribution in [0, 0.1) is 0 Å². The number of aliphatic hydroxyl groups excluding tert-OH is 2. The summed E-state index contributed by atoms with van der Waals surface area (Å²) in [5.74, 6) is 0. The molecular weight excluding hydrogens is 392 g/mol. The van der Waals surface area contributed by atoms with E-state index in [1.54, 1.807) is 72.8 Å². The van der Waals surface area contributed by atoms with Crippen molar-refractivity contribution in [1.29, 1.82) is 0 Å². The van der Waals surface area contributed by atoms with Crippen molar-refractivity contribution in [3.05, 3.63) is 108 Å². The zero-order valence-corrected chi connectivity index (χ0v) is 17.2. The Balaban J connectivity index is 1.97. The summed E-state index contributed by atoms with van der Waals surface area (Å²) in [5.41, 5.74) is -2.67. The van der Waals surface area contributed by atoms with Gasteiger partial charge >= 0.3 is 0 Å². The highest BCUT2D eigenvalue weighted by Gasteiger charge is 2.56. The molecule has 0 amide bonds. The molecule has 0 spiro atoms. The van der Waals surface area contributed by atoms with Crippen LogP contribution in [-0.4, -0.2) is 50.1 Å². The maximum Gasteiger partial charge on any atom is 0.155 e. The second kappa shape index (κ2) is 9.98. The van der Waals surface area contributed by atoms with E-state index in [1.165, 1.54) is 0 Å². The molecule has 31 heavy (non-hydrogen) atoms. The van der Waals surface area contributed by atoms with Crippen LogP contribution in [0.3, 0.4) is 0 Å². The van der Waals surface area contributed by atoms with Crippen molar-refractivity contribution in [2.24, 2.45) is 0 Å². The fourth-order valence-corrected chi connectivity index (χ4v) is 3.91. The van der Waals surface area contributed by atoms with Gasteiger partial charge in [0, 0.05) is 19.3 Å². The summed E-state index contributed by atoms with van der Waals surface area (Å²) in [7, 11) is 0. The Kier molecular flexibility index (Phi) is 7.36. The average Bonchev–Trinajstić information content (AvgIpc) is 2.80. The number of carbonyl (C=O) groups is 1. The molecule has 0 bridgehead atoms. The van der Waals surface area contributed by atoms with Crippen molar-refractivity contribution in [3.63, 3.8) is 0 Å². The zero-order chi connectivity index (χ0) is 22.3. The van der Waals surface area contributed by atoms with Gasteiger partial charge in [-0.15, -0.1) is 0 Å². The number of aliphatic hydroxyl groups is 4. The van der Waals surface area contributed by atoms with Gasteiger partial charge < -0.3 is 25.2 Å². The maximum absolute atomic E-state index is 12.2. The molecule has 1 unspecified atom stereocenters. The minimum Gasteiger partial charge on any atom is -0.390 e. The molecule has 4 N–H and O–H groups in total. The number of aldehydes is 1. The Labute approximate surface area is 182 Å². The molecule has 5 nitrogen and oxygen atoms in total. The summed E-state index contributed by atoms with van der Waals surface area (Å²) in [6.45, 7) is 0. The van der Waals surface area contributed by atoms with Gasteiger partial charge in [0.15, 0.2) is 11.9 Å². The fourth-order valence-electron chi connectivity index (χ4n) is 3.91. The van der Waals surface area contributed by atoms with Crippen molar-refractivity contribution in [3.8, 4) is 0 Å². The van der Waals surface area contributed by atoms with Gasteiger partial charge in [0.1, 0.15) is 11.7 Å². The minimum atomic E-state index is -2.33. The summed E-state index contributed by atoms with van der Waals surface area (Å²) in [6, 6.07) is 26.6. The van der Waals surface area contributed by atoms with Gasteiger partial charge in [0.25, 0.3) is 0 Å². The molecule has 0 aliphatic heterocycles. The Morgan fingerprint density at radius 2 is 1.10 bits per heavy atom. The number of benzene rings is 3. The Morgan fingerprint density at radius 3 is 1.55 bits per heavy atom. The highest BCUT2D eigenvalue weighted by atomic mass is 16.4. The molecule has 0 heterocycles. The molecule has 0 saturated heterocycles. The highest BCUT2D eigenvalue weighted by Crippen LogP contribution is 2.34. The first-order valence-electron chi connectivity index (χ1n) is 10.3. The van der Waals surface area contributed by atoms with Crippen LogP contribution >= 0.6 is 0 Å². The first kappa shape index (κ1) is 22.8. The average molecular weight is 421 g/mol. The topological polar surface area (TPSA) is 98.0 Å². The molecule has 0 aliphatic carbocycles. The van der Waals surface area contributed by atoms with Crippen LogP contribution in [0.4, 0.5) is 0 Å². The van der Waals surface area contributed by atoms with Crippen LogP contribution in [-0.2, 0) is 24.1 Å². The van der Waals surface area contributed by atoms with E-state index in [1.807, 2.05) is 18.2 Å². The van der Waals surface area contributed by atoms with E-state index >= 15 is 0 Å². The molecule has 4 atom stereocenters. The molecule has 0 fully saturated rings. The van der Waals surface area contributed by atoms with Crippen LogP contribution in [0.25, 0.3) is 0 Å². The van der Waals surface area contributed by atoms with Crippen LogP contribution in [0.2, 0.25) is 0 Å². The largest absolute Gasteiger partial charge is 0.390 e. The van der Waals surface area contributed by atoms with Gasteiger partial charge in [-0.3, -0.25) is 0 Å². The quantitative estimate of drug-likeness (QED) is 0.377. The van der Waals surface area contributed by atoms with E-state index in [2.05, 4.69) is 0 Å². The van der Waals surface area contributed by atoms with Crippen LogP contribution in [0.1, 0.15) is 16.7 Å². The van der Waals surface area contributed by atoms with Gasteiger partial charge in [0.05, 0.1) is 6.10 Å². The Bertz CT molecular complexity index is 947. The maximum atomic E-state index is 12.2. The molecule has 0 aromatic heterocycles. The molecule has 0 aliphatic rings. The second-order valence-electron chi connectivity index (χ2n) is 7.99. The second-order valence-corrected chi connectivity index (χ2v) is 7.99. The lowest BCUT2D eigenvalue weighted by Crippen LogP contribution is -2.67. The molecule has 3 rings (SSSR count). The summed E-state index contributed by atoms with van der Waals surface area (Å²) in [6.07, 6.45) is -3.30. The third kappa shape index (κ3) is 5.27. The Morgan fingerprint density at radius 1 is 0.677 bits per heavy atom. The molecule has 3 aromatic rings. The van der Waals surface area contributed by atoms with Crippen LogP contribution < -0.4 is 0 Å². The van der Waals surface area contributed by atoms with E-state index in [4.69, 9.17) is 0 Å². The standard InChI is InChI=1S/C26H28O5/c27-19-25(30,17-21-12-6-2-7-13-21)26(31,18-22-14-8-3-9-15-22)24(29)23(28)16-20-10-4-1-5-11-20/h1-15,19,23-24,28-31H,16-18H2/t23?,24-,25-,26-/m1/s1. The van der Waals surface area contributed by atoms with Crippen molar-refractivity contribution in [2.45, 2.75) is 42.7 Å². The van der Waals surface area contributed by atoms with Gasteiger partial charge in [-0.2, -0.15) is 0 Å². The molecule has 0 radical (unpaired) electrons. The highest BCUT2D eigenvalue weighted by molar-refractivity contribution is 5.66. The van der Waals surface area contributed by atoms with Gasteiger partial charge in [-0.05, 0) is 16.7 Å². The van der Waals surface area contributed by atoms with Gasteiger partial charge in [-0.25, -0.2) is 0 Å². The normalized spacial score (nSPS) is 17.2. The third-order valence-electron chi connectivity index (χ3n) is 5.72. The first-order chi connectivity index (χ1) is 14.9. The number of hydrogen-bond acceptors (Lipinski definition) is 5. The molecule has 5 heteroatoms. The molecule has 0 saturated carbocycles. The summed E-state index contributed by atoms with van der Waals surface area (Å²) in [5, 5.41) is 44.9. The molecule has 3 aromatic carbocycles. The van der Waals surface area contributed by atoms with Gasteiger partial charge in [-0.1, -0.05) is 91.0 Å². The summed E-state index contributed by atoms with van der Waals surface area (Å²) >= 11 is 0. The van der Waals surface area contributed by atoms with E-state index in [0.29, 0.717) is 11.1 Å². The van der Waals surface area contributed by atoms with Crippen LogP contribution in [0.5, 0.6) is 0 Å². The molecule has 162 valence electrons. The monoisotopic (exact) mass is 420 g/mol. The lowest BCUT2D eigenvalue weighted by atomic mass is 9.70. The third-order valence-corrected chi connectivity index (χ3v) is 5.72. The fraction of sp³-hybridized carbons (Fsp3) is 0.269. The minimum absolute atomic E-state index is 0.0549. The van der Waals surface area contributed by atoms with Crippen molar-refractivity contribution < 1.29 is 25.2 Å². The molecular formula is C26H28O5. The summed E-state index contributed by atoms with van der Waals surface area (Å²) in [4.78, 5) is 12.2. The van der Waals surface area contributed by atoms with Crippen molar-refractivity contribution >= 4 is 6.29 Å². The SMILES string of the molecule is O=C[C@](O)(Cc1ccccc1)[C@@](O)(Cc1ccccc1)[C@H](O)C(O)Cc1ccccc1. The number of hydrogen-bond donors (Lipinski definition) is 4. The van der Waals surface area contributed by atoms with Crippen LogP contribution in [0.15, 0.2) is 91.0 Å². The van der Waals surface area contributed by atoms with E-state index in [0.717, 1.165) is 5.56 Å². The zero-order valence-electron chi connectivity index (χ0n) is 17.2. The van der Waals surface area contributed by atoms with Crippen molar-refractivity contribution in [1.82, 2.24) is 0 Å². The predicted octanol–water partition coefficient (Wildman–Crippen LogP) is 2.10. The van der Waals surface area contributed by atoms with E-state index in [9.17, 15) is 25.2 Å². The van der Waals surface area contributed by atoms with Crippen molar-refractivity contribution in [2.75, 3.05) is 0 Å². The number of rotatable bonds is 10. The smallest absolute Gasteiger partial charge is 0.155 e. The predicted molar refractivity (Wildman–Crippen MR) is 118 cm³/mol. The van der Waals surface area contributed by atoms with E-state index < -0.39 is 23.4 Å². The van der Waals surface area contributed by atoms with E-state index in [-0.39, 0.29) is 25.5 Å². The lowest BCUT2D eigenvalue weighted by molar-refractivity contribution is -0.213.